The Bertz CT molecular complexity index is 904. The normalized spacial score (nSPS) is 14.9. The Balaban J connectivity index is 2.63. The van der Waals surface area contributed by atoms with Crippen molar-refractivity contribution >= 4 is 33.7 Å². The molecule has 0 fully saturated rings. The van der Waals surface area contributed by atoms with E-state index in [9.17, 15) is 18.0 Å². The highest BCUT2D eigenvalue weighted by atomic mass is 35.5. The lowest BCUT2D eigenvalue weighted by atomic mass is 9.72. The summed E-state index contributed by atoms with van der Waals surface area (Å²) in [6, 6.07) is 5.53. The minimum Gasteiger partial charge on any atom is -0.469 e. The van der Waals surface area contributed by atoms with Gasteiger partial charge in [0.05, 0.1) is 30.3 Å². The number of nitrogens with zero attached hydrogens (tertiary/aromatic N) is 1. The summed E-state index contributed by atoms with van der Waals surface area (Å²) in [5, 5.41) is -0.355. The Morgan fingerprint density at radius 1 is 1.18 bits per heavy atom. The second kappa shape index (κ2) is 12.7. The minimum atomic E-state index is -4.01. The van der Waals surface area contributed by atoms with Crippen molar-refractivity contribution in [3.8, 4) is 0 Å². The monoisotopic (exact) mass is 506 g/mol. The number of aromatic nitrogens is 1. The fourth-order valence-corrected chi connectivity index (χ4v) is 4.66. The average molecular weight is 507 g/mol. The van der Waals surface area contributed by atoms with Crippen LogP contribution >= 0.6 is 11.6 Å². The van der Waals surface area contributed by atoms with E-state index in [0.29, 0.717) is 32.2 Å². The topological polar surface area (TPSA) is 111 Å². The third-order valence-corrected chi connectivity index (χ3v) is 7.02. The summed E-state index contributed by atoms with van der Waals surface area (Å²) in [7, 11) is -2.67. The molecule has 0 spiro atoms. The molecule has 0 radical (unpaired) electrons. The Morgan fingerprint density at radius 3 is 2.42 bits per heavy atom. The number of hydrogen-bond donors (Lipinski definition) is 1. The predicted molar refractivity (Wildman–Crippen MR) is 125 cm³/mol. The first-order chi connectivity index (χ1) is 15.3. The maximum absolute atomic E-state index is 12.8. The molecule has 1 aromatic heterocycles. The van der Waals surface area contributed by atoms with E-state index in [-0.39, 0.29) is 36.1 Å². The summed E-state index contributed by atoms with van der Waals surface area (Å²) in [5.41, 5.74) is -0.803. The van der Waals surface area contributed by atoms with Gasteiger partial charge in [-0.15, -0.1) is 11.6 Å². The number of carbonyl (C=O) groups excluding carboxylic acids is 2. The largest absolute Gasteiger partial charge is 0.469 e. The van der Waals surface area contributed by atoms with E-state index in [4.69, 9.17) is 25.6 Å². The molecule has 10 heteroatoms. The lowest BCUT2D eigenvalue weighted by molar-refractivity contribution is -0.704. The van der Waals surface area contributed by atoms with E-state index in [2.05, 4.69) is 0 Å². The number of ether oxygens (including phenoxy) is 2. The van der Waals surface area contributed by atoms with Crippen molar-refractivity contribution in [1.29, 1.82) is 0 Å². The smallest absolute Gasteiger partial charge is 0.311 e. The molecule has 1 N–H and O–H groups in total. The molecule has 0 aliphatic heterocycles. The van der Waals surface area contributed by atoms with Crippen LogP contribution in [-0.2, 0) is 35.7 Å². The number of carbonyl (C=O) groups is 2. The summed E-state index contributed by atoms with van der Waals surface area (Å²) < 4.78 is 43.0. The zero-order chi connectivity index (χ0) is 25.3. The van der Waals surface area contributed by atoms with Crippen LogP contribution in [0.3, 0.4) is 0 Å². The van der Waals surface area contributed by atoms with Gasteiger partial charge >= 0.3 is 11.9 Å². The van der Waals surface area contributed by atoms with Gasteiger partial charge in [-0.25, -0.2) is 4.57 Å². The average Bonchev–Trinajstić information content (AvgIpc) is 2.74. The maximum atomic E-state index is 12.8. The highest BCUT2D eigenvalue weighted by Crippen LogP contribution is 2.38. The third-order valence-electron chi connectivity index (χ3n) is 5.78. The van der Waals surface area contributed by atoms with Crippen LogP contribution in [0.4, 0.5) is 0 Å². The number of methoxy groups -OCH3 is 1. The van der Waals surface area contributed by atoms with Crippen molar-refractivity contribution in [3.05, 3.63) is 30.1 Å². The second-order valence-electron chi connectivity index (χ2n) is 9.17. The molecule has 0 bridgehead atoms. The van der Waals surface area contributed by atoms with Gasteiger partial charge in [-0.2, -0.15) is 8.42 Å². The van der Waals surface area contributed by atoms with Crippen molar-refractivity contribution in [3.63, 3.8) is 0 Å². The molecule has 1 heterocycles. The van der Waals surface area contributed by atoms with Crippen molar-refractivity contribution in [2.45, 2.75) is 71.7 Å². The molecule has 0 aliphatic rings. The van der Waals surface area contributed by atoms with E-state index in [1.54, 1.807) is 20.8 Å². The van der Waals surface area contributed by atoms with E-state index < -0.39 is 20.9 Å². The first-order valence-electron chi connectivity index (χ1n) is 11.1. The molecule has 1 aromatic rings. The Hall–Kier alpha value is -1.71. The van der Waals surface area contributed by atoms with Crippen LogP contribution < -0.4 is 4.57 Å². The Labute approximate surface area is 202 Å². The van der Waals surface area contributed by atoms with Gasteiger partial charge in [-0.1, -0.05) is 13.0 Å². The standard InChI is InChI=1S/C23H36ClNO7S/c1-6-23(4,17-22(2,3)20(26)31-5)21(27)32-15-9-11-18(24)19-12-7-8-13-25(19)14-10-16-33(28,29)30/h7-8,12-13,18H,6,9-11,14-17H2,1-5H3/p+1. The van der Waals surface area contributed by atoms with Crippen molar-refractivity contribution in [1.82, 2.24) is 0 Å². The van der Waals surface area contributed by atoms with Gasteiger partial charge in [0.25, 0.3) is 10.1 Å². The number of esters is 2. The van der Waals surface area contributed by atoms with Gasteiger partial charge in [0.2, 0.25) is 0 Å². The van der Waals surface area contributed by atoms with Gasteiger partial charge in [0.15, 0.2) is 11.9 Å². The fraction of sp³-hybridized carbons (Fsp3) is 0.696. The minimum absolute atomic E-state index is 0.200. The number of aryl methyl sites for hydroxylation is 1. The SMILES string of the molecule is CCC(C)(CC(C)(C)C(=O)OC)C(=O)OCCCC(Cl)c1cccc[n+]1CCCS(=O)(=O)O. The van der Waals surface area contributed by atoms with Crippen LogP contribution in [0, 0.1) is 10.8 Å². The zero-order valence-electron chi connectivity index (χ0n) is 20.2. The molecule has 33 heavy (non-hydrogen) atoms. The summed E-state index contributed by atoms with van der Waals surface area (Å²) in [6.45, 7) is 7.79. The lowest BCUT2D eigenvalue weighted by Crippen LogP contribution is -2.39. The summed E-state index contributed by atoms with van der Waals surface area (Å²) in [5.74, 6) is -1.04. The van der Waals surface area contributed by atoms with Crippen molar-refractivity contribution < 1.29 is 36.6 Å². The number of pyridine rings is 1. The molecule has 0 saturated carbocycles. The summed E-state index contributed by atoms with van der Waals surface area (Å²) in [4.78, 5) is 24.8. The van der Waals surface area contributed by atoms with Crippen LogP contribution in [0.5, 0.6) is 0 Å². The number of alkyl halides is 1. The molecule has 0 amide bonds. The highest BCUT2D eigenvalue weighted by molar-refractivity contribution is 7.85. The van der Waals surface area contributed by atoms with E-state index in [1.807, 2.05) is 35.9 Å². The van der Waals surface area contributed by atoms with Crippen LogP contribution in [-0.4, -0.2) is 44.4 Å². The first kappa shape index (κ1) is 29.3. The molecule has 2 atom stereocenters. The van der Waals surface area contributed by atoms with Crippen LogP contribution in [0.25, 0.3) is 0 Å². The highest BCUT2D eigenvalue weighted by Gasteiger charge is 2.42. The number of halogens is 1. The molecule has 0 aliphatic carbocycles. The number of hydrogen-bond acceptors (Lipinski definition) is 6. The van der Waals surface area contributed by atoms with Crippen LogP contribution in [0.15, 0.2) is 24.4 Å². The molecule has 0 saturated heterocycles. The third kappa shape index (κ3) is 9.59. The van der Waals surface area contributed by atoms with E-state index in [0.717, 1.165) is 5.69 Å². The number of rotatable bonds is 14. The Morgan fingerprint density at radius 2 is 1.85 bits per heavy atom. The van der Waals surface area contributed by atoms with Crippen molar-refractivity contribution in [2.75, 3.05) is 19.5 Å². The second-order valence-corrected chi connectivity index (χ2v) is 11.3. The summed E-state index contributed by atoms with van der Waals surface area (Å²) >= 11 is 6.57. The molecule has 0 aromatic carbocycles. The molecule has 1 rings (SSSR count). The maximum Gasteiger partial charge on any atom is 0.311 e. The summed E-state index contributed by atoms with van der Waals surface area (Å²) in [6.07, 6.45) is 4.00. The predicted octanol–water partition coefficient (Wildman–Crippen LogP) is 3.86. The molecule has 8 nitrogen and oxygen atoms in total. The lowest BCUT2D eigenvalue weighted by Gasteiger charge is -2.33. The van der Waals surface area contributed by atoms with Crippen molar-refractivity contribution in [2.24, 2.45) is 10.8 Å². The van der Waals surface area contributed by atoms with Crippen LogP contribution in [0.1, 0.15) is 70.9 Å². The van der Waals surface area contributed by atoms with Gasteiger partial charge in [-0.05, 0) is 46.5 Å². The van der Waals surface area contributed by atoms with Gasteiger partial charge in [-0.3, -0.25) is 14.1 Å². The molecular formula is C23H37ClNO7S+. The zero-order valence-corrected chi connectivity index (χ0v) is 21.7. The van der Waals surface area contributed by atoms with E-state index >= 15 is 0 Å². The van der Waals surface area contributed by atoms with Gasteiger partial charge in [0, 0.05) is 18.6 Å². The van der Waals surface area contributed by atoms with Crippen LogP contribution in [0.2, 0.25) is 0 Å². The quantitative estimate of drug-likeness (QED) is 0.134. The van der Waals surface area contributed by atoms with Gasteiger partial charge in [0.1, 0.15) is 11.9 Å². The Kier molecular flexibility index (Phi) is 11.3. The molecular weight excluding hydrogens is 470 g/mol. The van der Waals surface area contributed by atoms with Gasteiger partial charge < -0.3 is 9.47 Å². The molecule has 188 valence electrons. The van der Waals surface area contributed by atoms with E-state index in [1.165, 1.54) is 7.11 Å². The first-order valence-corrected chi connectivity index (χ1v) is 13.1. The molecule has 2 unspecified atom stereocenters. The fourth-order valence-electron chi connectivity index (χ4n) is 3.81.